The van der Waals surface area contributed by atoms with E-state index in [0.29, 0.717) is 18.0 Å². The molecule has 0 aromatic heterocycles. The van der Waals surface area contributed by atoms with Gasteiger partial charge in [-0.25, -0.2) is 9.18 Å². The fourth-order valence-electron chi connectivity index (χ4n) is 2.90. The van der Waals surface area contributed by atoms with Crippen molar-refractivity contribution >= 4 is 11.9 Å². The zero-order chi connectivity index (χ0) is 14.8. The van der Waals surface area contributed by atoms with Crippen molar-refractivity contribution in [1.29, 1.82) is 0 Å². The van der Waals surface area contributed by atoms with Crippen LogP contribution in [0.1, 0.15) is 24.4 Å². The molecule has 2 N–H and O–H groups in total. The Balaban J connectivity index is 1.71. The highest BCUT2D eigenvalue weighted by molar-refractivity contribution is 6.04. The first-order valence-electron chi connectivity index (χ1n) is 7.23. The maximum atomic E-state index is 12.9. The van der Waals surface area contributed by atoms with Crippen LogP contribution in [0.5, 0.6) is 0 Å². The first-order chi connectivity index (χ1) is 10.1. The number of nitrogens with one attached hydrogen (secondary N) is 2. The van der Waals surface area contributed by atoms with Crippen molar-refractivity contribution in [3.8, 4) is 0 Å². The zero-order valence-corrected chi connectivity index (χ0v) is 11.6. The summed E-state index contributed by atoms with van der Waals surface area (Å²) in [7, 11) is 0. The largest absolute Gasteiger partial charge is 0.325 e. The summed E-state index contributed by atoms with van der Waals surface area (Å²) in [6, 6.07) is 4.61. The van der Waals surface area contributed by atoms with Gasteiger partial charge in [0, 0.05) is 6.54 Å². The third-order valence-electron chi connectivity index (χ3n) is 4.13. The van der Waals surface area contributed by atoms with Crippen LogP contribution in [-0.4, -0.2) is 36.5 Å². The van der Waals surface area contributed by atoms with Gasteiger partial charge in [0.15, 0.2) is 0 Å². The Hall–Kier alpha value is -1.95. The number of carbonyl (C=O) groups excluding carboxylic acids is 2. The van der Waals surface area contributed by atoms with Crippen LogP contribution in [0, 0.1) is 11.7 Å². The average molecular weight is 291 g/mol. The fraction of sp³-hybridized carbons (Fsp3) is 0.467. The molecule has 5 nitrogen and oxygen atoms in total. The van der Waals surface area contributed by atoms with Gasteiger partial charge in [-0.05, 0) is 49.5 Å². The van der Waals surface area contributed by atoms with Crippen molar-refractivity contribution in [2.75, 3.05) is 19.6 Å². The van der Waals surface area contributed by atoms with Crippen LogP contribution in [-0.2, 0) is 4.79 Å². The van der Waals surface area contributed by atoms with Gasteiger partial charge in [-0.3, -0.25) is 9.69 Å². The predicted molar refractivity (Wildman–Crippen MR) is 75.0 cm³/mol. The van der Waals surface area contributed by atoms with Gasteiger partial charge < -0.3 is 10.6 Å². The maximum Gasteiger partial charge on any atom is 0.325 e. The number of hydrogen-bond acceptors (Lipinski definition) is 3. The van der Waals surface area contributed by atoms with Gasteiger partial charge in [0.05, 0.1) is 0 Å². The molecule has 2 heterocycles. The van der Waals surface area contributed by atoms with Gasteiger partial charge in [-0.2, -0.15) is 0 Å². The predicted octanol–water partition coefficient (Wildman–Crippen LogP) is 1.42. The molecule has 0 bridgehead atoms. The minimum atomic E-state index is -0.695. The van der Waals surface area contributed by atoms with Gasteiger partial charge >= 0.3 is 6.03 Å². The molecule has 6 heteroatoms. The number of carbonyl (C=O) groups is 2. The van der Waals surface area contributed by atoms with Crippen LogP contribution in [0.4, 0.5) is 9.18 Å². The highest BCUT2D eigenvalue weighted by atomic mass is 19.1. The van der Waals surface area contributed by atoms with E-state index in [1.54, 1.807) is 0 Å². The number of piperidine rings is 1. The monoisotopic (exact) mass is 291 g/mol. The van der Waals surface area contributed by atoms with E-state index in [2.05, 4.69) is 10.6 Å². The molecule has 21 heavy (non-hydrogen) atoms. The summed E-state index contributed by atoms with van der Waals surface area (Å²) in [6.45, 7) is 2.31. The lowest BCUT2D eigenvalue weighted by Gasteiger charge is -2.25. The number of urea groups is 1. The van der Waals surface area contributed by atoms with E-state index in [9.17, 15) is 14.0 Å². The van der Waals surface area contributed by atoms with Gasteiger partial charge in [0.1, 0.15) is 11.9 Å². The molecule has 0 saturated carbocycles. The molecule has 0 aliphatic carbocycles. The average Bonchev–Trinajstić information content (AvgIpc) is 2.77. The Morgan fingerprint density at radius 1 is 1.14 bits per heavy atom. The number of benzene rings is 1. The summed E-state index contributed by atoms with van der Waals surface area (Å²) in [6.07, 6.45) is 1.94. The highest BCUT2D eigenvalue weighted by Crippen LogP contribution is 2.24. The first-order valence-corrected chi connectivity index (χ1v) is 7.23. The number of amides is 3. The van der Waals surface area contributed by atoms with Gasteiger partial charge in [-0.15, -0.1) is 0 Å². The normalized spacial score (nSPS) is 23.5. The molecule has 0 radical (unpaired) electrons. The molecule has 2 fully saturated rings. The lowest BCUT2D eigenvalue weighted by Crippen LogP contribution is -2.39. The van der Waals surface area contributed by atoms with Gasteiger partial charge in [-0.1, -0.05) is 12.1 Å². The number of hydrogen-bond donors (Lipinski definition) is 2. The molecule has 112 valence electrons. The molecule has 1 unspecified atom stereocenters. The third-order valence-corrected chi connectivity index (χ3v) is 4.13. The van der Waals surface area contributed by atoms with Crippen LogP contribution in [0.15, 0.2) is 24.3 Å². The van der Waals surface area contributed by atoms with Gasteiger partial charge in [0.2, 0.25) is 0 Å². The van der Waals surface area contributed by atoms with Gasteiger partial charge in [0.25, 0.3) is 5.91 Å². The summed E-state index contributed by atoms with van der Waals surface area (Å²) >= 11 is 0. The summed E-state index contributed by atoms with van der Waals surface area (Å²) in [5.41, 5.74) is 0.613. The SMILES string of the molecule is O=C1NC(c2ccc(F)cc2)C(=O)N1CC1CCNCC1. The number of halogens is 1. The molecule has 3 rings (SSSR count). The van der Waals surface area contributed by atoms with E-state index in [1.807, 2.05) is 0 Å². The van der Waals surface area contributed by atoms with E-state index in [-0.39, 0.29) is 17.8 Å². The summed E-state index contributed by atoms with van der Waals surface area (Å²) < 4.78 is 12.9. The minimum Gasteiger partial charge on any atom is -0.322 e. The zero-order valence-electron chi connectivity index (χ0n) is 11.6. The highest BCUT2D eigenvalue weighted by Gasteiger charge is 2.39. The Morgan fingerprint density at radius 2 is 1.81 bits per heavy atom. The molecule has 1 atom stereocenters. The molecule has 1 aromatic rings. The minimum absolute atomic E-state index is 0.245. The van der Waals surface area contributed by atoms with E-state index >= 15 is 0 Å². The fourth-order valence-corrected chi connectivity index (χ4v) is 2.90. The molecule has 3 amide bonds. The second kappa shape index (κ2) is 5.81. The summed E-state index contributed by atoms with van der Waals surface area (Å²) in [5, 5.41) is 5.94. The molecule has 2 saturated heterocycles. The van der Waals surface area contributed by atoms with E-state index in [0.717, 1.165) is 25.9 Å². The summed E-state index contributed by atoms with van der Waals surface area (Å²) in [4.78, 5) is 25.7. The number of nitrogens with zero attached hydrogens (tertiary/aromatic N) is 1. The Labute approximate surface area is 122 Å². The Morgan fingerprint density at radius 3 is 2.48 bits per heavy atom. The van der Waals surface area contributed by atoms with Crippen LogP contribution in [0.25, 0.3) is 0 Å². The maximum absolute atomic E-state index is 12.9. The Kier molecular flexibility index (Phi) is 3.88. The molecular formula is C15H18FN3O2. The van der Waals surface area contributed by atoms with Crippen molar-refractivity contribution in [1.82, 2.24) is 15.5 Å². The van der Waals surface area contributed by atoms with Crippen molar-refractivity contribution < 1.29 is 14.0 Å². The van der Waals surface area contributed by atoms with Crippen LogP contribution >= 0.6 is 0 Å². The van der Waals surface area contributed by atoms with E-state index in [1.165, 1.54) is 29.2 Å². The van der Waals surface area contributed by atoms with Crippen molar-refractivity contribution in [2.24, 2.45) is 5.92 Å². The molecule has 0 spiro atoms. The van der Waals surface area contributed by atoms with Crippen LogP contribution in [0.2, 0.25) is 0 Å². The molecule has 2 aliphatic heterocycles. The lowest BCUT2D eigenvalue weighted by molar-refractivity contribution is -0.128. The summed E-state index contributed by atoms with van der Waals surface area (Å²) in [5.74, 6) is -0.250. The second-order valence-electron chi connectivity index (χ2n) is 5.58. The van der Waals surface area contributed by atoms with Crippen molar-refractivity contribution in [2.45, 2.75) is 18.9 Å². The van der Waals surface area contributed by atoms with Crippen molar-refractivity contribution in [3.05, 3.63) is 35.6 Å². The molecule has 2 aliphatic rings. The number of imide groups is 1. The Bertz CT molecular complexity index is 540. The van der Waals surface area contributed by atoms with E-state index in [4.69, 9.17) is 0 Å². The smallest absolute Gasteiger partial charge is 0.322 e. The van der Waals surface area contributed by atoms with Crippen LogP contribution in [0.3, 0.4) is 0 Å². The quantitative estimate of drug-likeness (QED) is 0.828. The van der Waals surface area contributed by atoms with E-state index < -0.39 is 6.04 Å². The topological polar surface area (TPSA) is 61.4 Å². The number of rotatable bonds is 3. The van der Waals surface area contributed by atoms with Crippen LogP contribution < -0.4 is 10.6 Å². The standard InChI is InChI=1S/C15H18FN3O2/c16-12-3-1-11(2-4-12)13-14(20)19(15(21)18-13)9-10-5-7-17-8-6-10/h1-4,10,13,17H,5-9H2,(H,18,21). The van der Waals surface area contributed by atoms with Crippen molar-refractivity contribution in [3.63, 3.8) is 0 Å². The first kappa shape index (κ1) is 14.0. The second-order valence-corrected chi connectivity index (χ2v) is 5.58. The molecular weight excluding hydrogens is 273 g/mol. The lowest BCUT2D eigenvalue weighted by atomic mass is 9.97. The third kappa shape index (κ3) is 2.90. The molecule has 1 aromatic carbocycles.